The van der Waals surface area contributed by atoms with Crippen molar-refractivity contribution in [3.8, 4) is 0 Å². The zero-order valence-electron chi connectivity index (χ0n) is 21.3. The summed E-state index contributed by atoms with van der Waals surface area (Å²) >= 11 is 0. The first-order valence-corrected chi connectivity index (χ1v) is 12.9. The van der Waals surface area contributed by atoms with E-state index in [0.717, 1.165) is 36.4 Å². The van der Waals surface area contributed by atoms with Crippen LogP contribution in [-0.4, -0.2) is 52.9 Å². The lowest BCUT2D eigenvalue weighted by molar-refractivity contribution is -0.250. The largest absolute Gasteiger partial charge is 0.460 e. The highest BCUT2D eigenvalue weighted by Gasteiger charge is 3.05. The number of carbonyl (C=O) groups excluding carboxylic acids is 1. The molecular formula is C28H27F6NO4. The number of likely N-dealkylation sites (N-methyl/N-ethyl adjacent to an activating group) is 1. The van der Waals surface area contributed by atoms with E-state index in [1.165, 1.54) is 0 Å². The van der Waals surface area contributed by atoms with Crippen LogP contribution in [0, 0.1) is 11.3 Å². The maximum absolute atomic E-state index is 13.6. The Balaban J connectivity index is 0.00000135. The van der Waals surface area contributed by atoms with Crippen LogP contribution in [0.4, 0.5) is 26.3 Å². The second kappa shape index (κ2) is 7.98. The third kappa shape index (κ3) is 3.29. The van der Waals surface area contributed by atoms with Gasteiger partial charge in [-0.3, -0.25) is 4.90 Å². The maximum atomic E-state index is 13.6. The predicted octanol–water partition coefficient (Wildman–Crippen LogP) is 5.14. The molecule has 2 aromatic carbocycles. The molecule has 1 N–H and O–H groups in total. The van der Waals surface area contributed by atoms with Gasteiger partial charge in [-0.2, -0.15) is 26.3 Å². The average Bonchev–Trinajstić information content (AvgIpc) is 3.71. The Labute approximate surface area is 220 Å². The van der Waals surface area contributed by atoms with Crippen molar-refractivity contribution < 1.29 is 45.7 Å². The number of piperidine rings is 1. The van der Waals surface area contributed by atoms with E-state index >= 15 is 0 Å². The average molecular weight is 556 g/mol. The van der Waals surface area contributed by atoms with Gasteiger partial charge in [-0.1, -0.05) is 38.1 Å². The minimum absolute atomic E-state index is 0.0485. The molecule has 0 bridgehead atoms. The number of benzene rings is 2. The number of halogens is 6. The molecule has 39 heavy (non-hydrogen) atoms. The third-order valence-corrected chi connectivity index (χ3v) is 9.28. The highest BCUT2D eigenvalue weighted by Crippen LogP contribution is 2.92. The summed E-state index contributed by atoms with van der Waals surface area (Å²) in [6.07, 6.45) is -9.01. The standard InChI is InChI=1S/C26H21F6NO4.C2H6/c1-33-17-10-16(11-22(17)18-19-24(18,37-19)20(22)33)36-21(34)23(35,12-4-2-6-14(8-12)25(27,28)29)13-5-3-7-15(9-13)26(30,31)32;1-2/h2-9,16-20,35H,10-11H2,1H3;1-2H3/t16?,17?,18?,19?,20-,22+,24?;/m0./s1. The van der Waals surface area contributed by atoms with Gasteiger partial charge in [0.25, 0.3) is 0 Å². The van der Waals surface area contributed by atoms with Gasteiger partial charge < -0.3 is 14.6 Å². The second-order valence-corrected chi connectivity index (χ2v) is 10.9. The molecule has 2 aromatic rings. The monoisotopic (exact) mass is 555 g/mol. The molecule has 7 atom stereocenters. The number of carbonyl (C=O) groups is 1. The minimum Gasteiger partial charge on any atom is -0.460 e. The Kier molecular flexibility index (Phi) is 5.44. The molecule has 11 heteroatoms. The Morgan fingerprint density at radius 3 is 1.97 bits per heavy atom. The van der Waals surface area contributed by atoms with Crippen molar-refractivity contribution in [3.05, 3.63) is 70.8 Å². The fourth-order valence-corrected chi connectivity index (χ4v) is 7.81. The summed E-state index contributed by atoms with van der Waals surface area (Å²) in [5, 5.41) is 11.7. The van der Waals surface area contributed by atoms with Gasteiger partial charge in [0.05, 0.1) is 17.2 Å². The second-order valence-electron chi connectivity index (χ2n) is 10.9. The number of aliphatic hydroxyl groups is 1. The lowest BCUT2D eigenvalue weighted by atomic mass is 9.52. The molecule has 0 radical (unpaired) electrons. The van der Waals surface area contributed by atoms with E-state index in [4.69, 9.17) is 9.47 Å². The van der Waals surface area contributed by atoms with E-state index in [-0.39, 0.29) is 29.2 Å². The number of nitrogens with zero attached hydrogens (tertiary/aromatic N) is 1. The highest BCUT2D eigenvalue weighted by atomic mass is 19.4. The zero-order chi connectivity index (χ0) is 28.3. The SMILES string of the molecule is CC.CN1C2CC(OC(=O)C(O)(c3cccc(C(F)(F)F)c3)c3cccc(C(F)(F)F)c3)C[C@]23C2C4OC42[C@@H]13. The fourth-order valence-electron chi connectivity index (χ4n) is 7.81. The quantitative estimate of drug-likeness (QED) is 0.322. The van der Waals surface area contributed by atoms with E-state index in [1.807, 2.05) is 20.9 Å². The lowest BCUT2D eigenvalue weighted by Crippen LogP contribution is -2.80. The molecule has 5 aliphatic rings. The summed E-state index contributed by atoms with van der Waals surface area (Å²) in [5.74, 6) is -0.903. The van der Waals surface area contributed by atoms with Crippen LogP contribution in [0.3, 0.4) is 0 Å². The van der Waals surface area contributed by atoms with Gasteiger partial charge in [0.1, 0.15) is 11.7 Å². The van der Waals surface area contributed by atoms with E-state index < -0.39 is 52.3 Å². The van der Waals surface area contributed by atoms with Crippen LogP contribution >= 0.6 is 0 Å². The van der Waals surface area contributed by atoms with Gasteiger partial charge >= 0.3 is 18.3 Å². The lowest BCUT2D eigenvalue weighted by Gasteiger charge is -2.68. The number of alkyl halides is 6. The van der Waals surface area contributed by atoms with Gasteiger partial charge in [0.2, 0.25) is 5.60 Å². The first kappa shape index (κ1) is 26.6. The number of hydrogen-bond donors (Lipinski definition) is 1. The van der Waals surface area contributed by atoms with Gasteiger partial charge in [-0.25, -0.2) is 4.79 Å². The van der Waals surface area contributed by atoms with Gasteiger partial charge in [0, 0.05) is 41.0 Å². The Morgan fingerprint density at radius 2 is 1.49 bits per heavy atom. The number of ether oxygens (including phenoxy) is 2. The smallest absolute Gasteiger partial charge is 0.416 e. The number of epoxide rings is 1. The molecule has 210 valence electrons. The molecule has 5 nitrogen and oxygen atoms in total. The molecule has 0 aromatic heterocycles. The van der Waals surface area contributed by atoms with Crippen LogP contribution in [0.15, 0.2) is 48.5 Å². The van der Waals surface area contributed by atoms with E-state index in [0.29, 0.717) is 30.9 Å². The summed E-state index contributed by atoms with van der Waals surface area (Å²) in [4.78, 5) is 15.8. The van der Waals surface area contributed by atoms with E-state index in [1.54, 1.807) is 0 Å². The molecule has 2 saturated heterocycles. The number of likely N-dealkylation sites (tertiary alicyclic amines) is 1. The molecule has 5 unspecified atom stereocenters. The number of rotatable bonds is 4. The zero-order valence-corrected chi connectivity index (χ0v) is 21.3. The van der Waals surface area contributed by atoms with Gasteiger partial charge in [-0.05, 0) is 37.7 Å². The maximum Gasteiger partial charge on any atom is 0.416 e. The van der Waals surface area contributed by atoms with Crippen LogP contribution in [0.25, 0.3) is 0 Å². The third-order valence-electron chi connectivity index (χ3n) is 9.28. The van der Waals surface area contributed by atoms with Crippen molar-refractivity contribution >= 4 is 5.97 Å². The Hall–Kier alpha value is -2.63. The van der Waals surface area contributed by atoms with Crippen molar-refractivity contribution in [1.82, 2.24) is 4.90 Å². The van der Waals surface area contributed by atoms with Gasteiger partial charge in [-0.15, -0.1) is 0 Å². The van der Waals surface area contributed by atoms with E-state index in [9.17, 15) is 36.2 Å². The number of esters is 1. The van der Waals surface area contributed by atoms with Crippen molar-refractivity contribution in [2.24, 2.45) is 11.3 Å². The minimum atomic E-state index is -4.80. The summed E-state index contributed by atoms with van der Waals surface area (Å²) in [7, 11) is 1.97. The van der Waals surface area contributed by atoms with Crippen molar-refractivity contribution in [1.29, 1.82) is 0 Å². The first-order valence-electron chi connectivity index (χ1n) is 12.9. The Bertz CT molecular complexity index is 1290. The molecule has 2 spiro atoms. The molecule has 7 rings (SSSR count). The first-order chi connectivity index (χ1) is 18.3. The fraction of sp³-hybridized carbons (Fsp3) is 0.536. The molecular weight excluding hydrogens is 528 g/mol. The van der Waals surface area contributed by atoms with Crippen molar-refractivity contribution in [3.63, 3.8) is 0 Å². The molecule has 2 heterocycles. The molecule has 5 fully saturated rings. The normalized spacial score (nSPS) is 35.6. The van der Waals surface area contributed by atoms with Crippen molar-refractivity contribution in [2.45, 2.75) is 74.5 Å². The Morgan fingerprint density at radius 1 is 0.974 bits per heavy atom. The molecule has 3 saturated carbocycles. The summed E-state index contributed by atoms with van der Waals surface area (Å²) in [6, 6.07) is 7.13. The summed E-state index contributed by atoms with van der Waals surface area (Å²) < 4.78 is 92.0. The van der Waals surface area contributed by atoms with Gasteiger partial charge in [0.15, 0.2) is 0 Å². The predicted molar refractivity (Wildman–Crippen MR) is 125 cm³/mol. The molecule has 0 amide bonds. The van der Waals surface area contributed by atoms with Crippen LogP contribution in [-0.2, 0) is 32.2 Å². The molecule has 3 aliphatic carbocycles. The number of hydrogen-bond acceptors (Lipinski definition) is 5. The number of fused-ring (bicyclic) bond motifs is 1. The van der Waals surface area contributed by atoms with Crippen LogP contribution in [0.2, 0.25) is 0 Å². The topological polar surface area (TPSA) is 62.3 Å². The van der Waals surface area contributed by atoms with Crippen LogP contribution in [0.1, 0.15) is 48.9 Å². The van der Waals surface area contributed by atoms with Crippen LogP contribution in [0.5, 0.6) is 0 Å². The van der Waals surface area contributed by atoms with Crippen LogP contribution < -0.4 is 0 Å². The summed E-state index contributed by atoms with van der Waals surface area (Å²) in [5.41, 5.74) is -6.37. The molecule has 2 aliphatic heterocycles. The van der Waals surface area contributed by atoms with E-state index in [2.05, 4.69) is 4.90 Å². The van der Waals surface area contributed by atoms with Crippen molar-refractivity contribution in [2.75, 3.05) is 7.05 Å². The summed E-state index contributed by atoms with van der Waals surface area (Å²) in [6.45, 7) is 4.00. The highest BCUT2D eigenvalue weighted by molar-refractivity contribution is 5.86.